The molecule has 0 bridgehead atoms. The Morgan fingerprint density at radius 3 is 2.75 bits per heavy atom. The molecule has 0 spiro atoms. The molecule has 2 aromatic carbocycles. The molecular weight excluding hydrogens is 378 g/mol. The molecule has 7 nitrogen and oxygen atoms in total. The van der Waals surface area contributed by atoms with Crippen LogP contribution in [0.25, 0.3) is 11.5 Å². The number of rotatable bonds is 6. The van der Waals surface area contributed by atoms with E-state index in [1.807, 2.05) is 49.4 Å². The smallest absolute Gasteiger partial charge is 0.277 e. The number of fused-ring (bicyclic) bond motifs is 1. The number of aryl methyl sites for hydroxylation is 1. The lowest BCUT2D eigenvalue weighted by molar-refractivity contribution is -0.120. The fraction of sp³-hybridized carbons (Fsp3) is 0.250. The van der Waals surface area contributed by atoms with Gasteiger partial charge in [0.15, 0.2) is 11.5 Å². The van der Waals surface area contributed by atoms with Crippen LogP contribution in [0, 0.1) is 6.92 Å². The highest BCUT2D eigenvalue weighted by Gasteiger charge is 2.19. The van der Waals surface area contributed by atoms with Crippen LogP contribution in [0.1, 0.15) is 18.1 Å². The van der Waals surface area contributed by atoms with Crippen molar-refractivity contribution in [1.29, 1.82) is 0 Å². The van der Waals surface area contributed by atoms with Crippen molar-refractivity contribution in [2.45, 2.75) is 30.9 Å². The maximum absolute atomic E-state index is 12.4. The van der Waals surface area contributed by atoms with Gasteiger partial charge in [-0.1, -0.05) is 35.5 Å². The second kappa shape index (κ2) is 7.93. The molecule has 1 amide bonds. The predicted octanol–water partition coefficient (Wildman–Crippen LogP) is 3.57. The lowest BCUT2D eigenvalue weighted by Crippen LogP contribution is -2.30. The van der Waals surface area contributed by atoms with E-state index < -0.39 is 0 Å². The van der Waals surface area contributed by atoms with E-state index in [4.69, 9.17) is 13.9 Å². The summed E-state index contributed by atoms with van der Waals surface area (Å²) in [5.41, 5.74) is 2.95. The van der Waals surface area contributed by atoms with Gasteiger partial charge in [0.2, 0.25) is 18.6 Å². The maximum Gasteiger partial charge on any atom is 0.277 e. The van der Waals surface area contributed by atoms with Gasteiger partial charge >= 0.3 is 0 Å². The lowest BCUT2D eigenvalue weighted by atomic mass is 10.1. The number of aromatic nitrogens is 2. The summed E-state index contributed by atoms with van der Waals surface area (Å²) >= 11 is 1.23. The third-order valence-corrected chi connectivity index (χ3v) is 5.19. The first-order valence-electron chi connectivity index (χ1n) is 8.82. The van der Waals surface area contributed by atoms with Crippen LogP contribution < -0.4 is 14.8 Å². The molecule has 1 N–H and O–H groups in total. The van der Waals surface area contributed by atoms with Gasteiger partial charge in [-0.05, 0) is 43.7 Å². The van der Waals surface area contributed by atoms with Gasteiger partial charge in [0.1, 0.15) is 0 Å². The number of amides is 1. The van der Waals surface area contributed by atoms with Crippen molar-refractivity contribution in [1.82, 2.24) is 15.5 Å². The van der Waals surface area contributed by atoms with Crippen molar-refractivity contribution < 1.29 is 18.7 Å². The van der Waals surface area contributed by atoms with Gasteiger partial charge in [-0.2, -0.15) is 0 Å². The summed E-state index contributed by atoms with van der Waals surface area (Å²) in [6.45, 7) is 4.45. The molecule has 0 saturated heterocycles. The molecule has 1 atom stereocenters. The number of nitrogens with one attached hydrogen (secondary N) is 1. The second-order valence-corrected chi connectivity index (χ2v) is 7.70. The van der Waals surface area contributed by atoms with Crippen molar-refractivity contribution in [2.24, 2.45) is 0 Å². The Labute approximate surface area is 166 Å². The zero-order valence-electron chi connectivity index (χ0n) is 15.5. The highest BCUT2D eigenvalue weighted by Crippen LogP contribution is 2.32. The first kappa shape index (κ1) is 18.4. The van der Waals surface area contributed by atoms with Gasteiger partial charge in [0.05, 0.1) is 5.25 Å². The first-order valence-corrected chi connectivity index (χ1v) is 9.70. The third kappa shape index (κ3) is 4.12. The molecule has 0 unspecified atom stereocenters. The van der Waals surface area contributed by atoms with E-state index in [2.05, 4.69) is 15.5 Å². The number of ether oxygens (including phenoxy) is 2. The lowest BCUT2D eigenvalue weighted by Gasteiger charge is -2.10. The highest BCUT2D eigenvalue weighted by atomic mass is 32.2. The van der Waals surface area contributed by atoms with Crippen LogP contribution in [-0.4, -0.2) is 28.1 Å². The highest BCUT2D eigenvalue weighted by molar-refractivity contribution is 8.00. The SMILES string of the molecule is Cc1ccc(-c2nnc(S[C@H](C)C(=O)NCc3ccc4c(c3)OCO4)o2)cc1. The Hall–Kier alpha value is -3.00. The summed E-state index contributed by atoms with van der Waals surface area (Å²) in [7, 11) is 0. The van der Waals surface area contributed by atoms with Crippen molar-refractivity contribution in [2.75, 3.05) is 6.79 Å². The molecule has 1 aromatic heterocycles. The molecule has 144 valence electrons. The normalized spacial score (nSPS) is 13.4. The van der Waals surface area contributed by atoms with Crippen molar-refractivity contribution >= 4 is 17.7 Å². The summed E-state index contributed by atoms with van der Waals surface area (Å²) in [6, 6.07) is 13.4. The van der Waals surface area contributed by atoms with Crippen LogP contribution in [-0.2, 0) is 11.3 Å². The quantitative estimate of drug-likeness (QED) is 0.636. The van der Waals surface area contributed by atoms with E-state index in [0.29, 0.717) is 23.4 Å². The van der Waals surface area contributed by atoms with Gasteiger partial charge in [-0.3, -0.25) is 4.79 Å². The minimum atomic E-state index is -0.375. The van der Waals surface area contributed by atoms with E-state index >= 15 is 0 Å². The zero-order chi connectivity index (χ0) is 19.5. The van der Waals surface area contributed by atoms with Crippen LogP contribution >= 0.6 is 11.8 Å². The standard InChI is InChI=1S/C20H19N3O4S/c1-12-3-6-15(7-4-12)19-22-23-20(27-19)28-13(2)18(24)21-10-14-5-8-16-17(9-14)26-11-25-16/h3-9,13H,10-11H2,1-2H3,(H,21,24)/t13-/m1/s1. The molecule has 0 saturated carbocycles. The topological polar surface area (TPSA) is 86.5 Å². The Balaban J connectivity index is 1.32. The number of hydrogen-bond donors (Lipinski definition) is 1. The predicted molar refractivity (Wildman–Crippen MR) is 104 cm³/mol. The molecule has 2 heterocycles. The summed E-state index contributed by atoms with van der Waals surface area (Å²) in [6.07, 6.45) is 0. The van der Waals surface area contributed by atoms with Crippen LogP contribution in [0.2, 0.25) is 0 Å². The zero-order valence-corrected chi connectivity index (χ0v) is 16.3. The van der Waals surface area contributed by atoms with Gasteiger partial charge < -0.3 is 19.2 Å². The monoisotopic (exact) mass is 397 g/mol. The van der Waals surface area contributed by atoms with Gasteiger partial charge in [0, 0.05) is 12.1 Å². The fourth-order valence-electron chi connectivity index (χ4n) is 2.66. The van der Waals surface area contributed by atoms with Crippen LogP contribution in [0.3, 0.4) is 0 Å². The van der Waals surface area contributed by atoms with Crippen molar-refractivity contribution in [3.05, 3.63) is 53.6 Å². The Kier molecular flexibility index (Phi) is 5.21. The number of hydrogen-bond acceptors (Lipinski definition) is 7. The average molecular weight is 397 g/mol. The van der Waals surface area contributed by atoms with Gasteiger partial charge in [0.25, 0.3) is 5.22 Å². The number of benzene rings is 2. The number of thioether (sulfide) groups is 1. The Bertz CT molecular complexity index is 987. The molecule has 0 radical (unpaired) electrons. The first-order chi connectivity index (χ1) is 13.6. The van der Waals surface area contributed by atoms with Crippen LogP contribution in [0.5, 0.6) is 11.5 Å². The summed E-state index contributed by atoms with van der Waals surface area (Å²) in [5.74, 6) is 1.75. The fourth-order valence-corrected chi connectivity index (χ4v) is 3.37. The molecule has 1 aliphatic heterocycles. The molecule has 0 fully saturated rings. The second-order valence-electron chi connectivity index (χ2n) is 6.40. The van der Waals surface area contributed by atoms with Crippen LogP contribution in [0.15, 0.2) is 52.1 Å². The van der Waals surface area contributed by atoms with Gasteiger partial charge in [-0.15, -0.1) is 10.2 Å². The minimum absolute atomic E-state index is 0.113. The molecule has 8 heteroatoms. The molecule has 1 aliphatic rings. The van der Waals surface area contributed by atoms with Crippen molar-refractivity contribution in [3.8, 4) is 23.0 Å². The van der Waals surface area contributed by atoms with E-state index in [9.17, 15) is 4.79 Å². The maximum atomic E-state index is 12.4. The molecule has 3 aromatic rings. The number of carbonyl (C=O) groups excluding carboxylic acids is 1. The minimum Gasteiger partial charge on any atom is -0.454 e. The van der Waals surface area contributed by atoms with Gasteiger partial charge in [-0.25, -0.2) is 0 Å². The summed E-state index contributed by atoms with van der Waals surface area (Å²) in [5, 5.41) is 11.0. The molecular formula is C20H19N3O4S. The Morgan fingerprint density at radius 1 is 1.14 bits per heavy atom. The molecule has 0 aliphatic carbocycles. The van der Waals surface area contributed by atoms with E-state index in [1.54, 1.807) is 6.92 Å². The number of nitrogens with zero attached hydrogens (tertiary/aromatic N) is 2. The Morgan fingerprint density at radius 2 is 1.93 bits per heavy atom. The molecule has 28 heavy (non-hydrogen) atoms. The number of carbonyl (C=O) groups is 1. The molecule has 4 rings (SSSR count). The third-order valence-electron chi connectivity index (χ3n) is 4.26. The summed E-state index contributed by atoms with van der Waals surface area (Å²) in [4.78, 5) is 12.4. The van der Waals surface area contributed by atoms with E-state index in [1.165, 1.54) is 11.8 Å². The van der Waals surface area contributed by atoms with E-state index in [-0.39, 0.29) is 18.0 Å². The van der Waals surface area contributed by atoms with Crippen molar-refractivity contribution in [3.63, 3.8) is 0 Å². The largest absolute Gasteiger partial charge is 0.454 e. The average Bonchev–Trinajstić information content (AvgIpc) is 3.35. The summed E-state index contributed by atoms with van der Waals surface area (Å²) < 4.78 is 16.3. The van der Waals surface area contributed by atoms with E-state index in [0.717, 1.165) is 22.4 Å². The van der Waals surface area contributed by atoms with Crippen LogP contribution in [0.4, 0.5) is 0 Å².